The van der Waals surface area contributed by atoms with Gasteiger partial charge in [-0.25, -0.2) is 0 Å². The van der Waals surface area contributed by atoms with Crippen molar-refractivity contribution in [2.24, 2.45) is 11.7 Å². The molecule has 1 unspecified atom stereocenters. The lowest BCUT2D eigenvalue weighted by molar-refractivity contribution is 0.249. The topological polar surface area (TPSA) is 35.2 Å². The predicted octanol–water partition coefficient (Wildman–Crippen LogP) is 2.70. The third-order valence-corrected chi connectivity index (χ3v) is 2.46. The van der Waals surface area contributed by atoms with Crippen molar-refractivity contribution >= 4 is 11.6 Å². The number of hydrogen-bond acceptors (Lipinski definition) is 2. The molecule has 3 heteroatoms. The highest BCUT2D eigenvalue weighted by Gasteiger charge is 2.04. The second-order valence-corrected chi connectivity index (χ2v) is 3.71. The molecule has 0 saturated heterocycles. The summed E-state index contributed by atoms with van der Waals surface area (Å²) in [5.74, 6) is 1.28. The van der Waals surface area contributed by atoms with Gasteiger partial charge in [0.05, 0.1) is 6.61 Å². The molecule has 1 atom stereocenters. The molecule has 0 amide bonds. The maximum absolute atomic E-state index is 5.75. The summed E-state index contributed by atoms with van der Waals surface area (Å²) in [6.07, 6.45) is 1.05. The molecule has 0 aromatic heterocycles. The molecule has 1 aromatic carbocycles. The van der Waals surface area contributed by atoms with E-state index in [1.54, 1.807) is 0 Å². The molecule has 1 aromatic rings. The number of hydrogen-bond donors (Lipinski definition) is 1. The third kappa shape index (κ3) is 3.56. The monoisotopic (exact) mass is 213 g/mol. The van der Waals surface area contributed by atoms with Crippen molar-refractivity contribution < 1.29 is 4.74 Å². The smallest absolute Gasteiger partial charge is 0.119 e. The molecule has 0 spiro atoms. The average Bonchev–Trinajstić information content (AvgIpc) is 2.22. The molecule has 0 heterocycles. The van der Waals surface area contributed by atoms with E-state index >= 15 is 0 Å². The molecular weight excluding hydrogens is 198 g/mol. The van der Waals surface area contributed by atoms with Crippen LogP contribution in [-0.4, -0.2) is 13.2 Å². The van der Waals surface area contributed by atoms with E-state index in [9.17, 15) is 0 Å². The first kappa shape index (κ1) is 11.3. The Kier molecular flexibility index (Phi) is 4.77. The van der Waals surface area contributed by atoms with E-state index in [4.69, 9.17) is 22.1 Å². The van der Waals surface area contributed by atoms with Crippen molar-refractivity contribution in [3.63, 3.8) is 0 Å². The van der Waals surface area contributed by atoms with E-state index in [0.29, 0.717) is 19.1 Å². The van der Waals surface area contributed by atoms with E-state index in [1.807, 2.05) is 24.3 Å². The summed E-state index contributed by atoms with van der Waals surface area (Å²) in [6.45, 7) is 3.46. The standard InChI is InChI=1S/C11H16ClNO/c1-2-9(7-13)8-14-11-5-3-10(12)4-6-11/h3-6,9H,2,7-8,13H2,1H3. The highest BCUT2D eigenvalue weighted by molar-refractivity contribution is 6.30. The minimum Gasteiger partial charge on any atom is -0.493 e. The zero-order valence-electron chi connectivity index (χ0n) is 8.37. The van der Waals surface area contributed by atoms with Crippen molar-refractivity contribution in [3.8, 4) is 5.75 Å². The Labute approximate surface area is 90.0 Å². The number of ether oxygens (including phenoxy) is 1. The number of nitrogens with two attached hydrogens (primary N) is 1. The lowest BCUT2D eigenvalue weighted by Crippen LogP contribution is -2.20. The summed E-state index contributed by atoms with van der Waals surface area (Å²) in [5.41, 5.74) is 5.57. The molecule has 14 heavy (non-hydrogen) atoms. The fraction of sp³-hybridized carbons (Fsp3) is 0.455. The van der Waals surface area contributed by atoms with Gasteiger partial charge in [-0.05, 0) is 37.2 Å². The van der Waals surface area contributed by atoms with Crippen LogP contribution in [0.25, 0.3) is 0 Å². The van der Waals surface area contributed by atoms with Crippen LogP contribution in [0.15, 0.2) is 24.3 Å². The van der Waals surface area contributed by atoms with Crippen LogP contribution in [0.3, 0.4) is 0 Å². The third-order valence-electron chi connectivity index (χ3n) is 2.21. The minimum absolute atomic E-state index is 0.436. The quantitative estimate of drug-likeness (QED) is 0.817. The molecule has 0 fully saturated rings. The van der Waals surface area contributed by atoms with Crippen molar-refractivity contribution in [3.05, 3.63) is 29.3 Å². The van der Waals surface area contributed by atoms with Crippen LogP contribution in [0.2, 0.25) is 5.02 Å². The van der Waals surface area contributed by atoms with Gasteiger partial charge in [0.15, 0.2) is 0 Å². The second kappa shape index (κ2) is 5.89. The second-order valence-electron chi connectivity index (χ2n) is 3.27. The van der Waals surface area contributed by atoms with Crippen molar-refractivity contribution in [2.45, 2.75) is 13.3 Å². The molecule has 2 N–H and O–H groups in total. The van der Waals surface area contributed by atoms with Gasteiger partial charge in [0.25, 0.3) is 0 Å². The highest BCUT2D eigenvalue weighted by Crippen LogP contribution is 2.16. The van der Waals surface area contributed by atoms with Crippen LogP contribution in [-0.2, 0) is 0 Å². The van der Waals surface area contributed by atoms with Gasteiger partial charge in [-0.3, -0.25) is 0 Å². The molecule has 1 rings (SSSR count). The summed E-state index contributed by atoms with van der Waals surface area (Å²) in [7, 11) is 0. The molecule has 0 saturated carbocycles. The maximum Gasteiger partial charge on any atom is 0.119 e. The lowest BCUT2D eigenvalue weighted by atomic mass is 10.1. The van der Waals surface area contributed by atoms with Crippen LogP contribution in [0.5, 0.6) is 5.75 Å². The molecular formula is C11H16ClNO. The summed E-state index contributed by atoms with van der Waals surface area (Å²) in [4.78, 5) is 0. The van der Waals surface area contributed by atoms with Gasteiger partial charge in [-0.1, -0.05) is 18.5 Å². The zero-order chi connectivity index (χ0) is 10.4. The van der Waals surface area contributed by atoms with Crippen LogP contribution in [0, 0.1) is 5.92 Å². The summed E-state index contributed by atoms with van der Waals surface area (Å²) in [5, 5.41) is 0.725. The molecule has 2 nitrogen and oxygen atoms in total. The summed E-state index contributed by atoms with van der Waals surface area (Å²) >= 11 is 5.75. The van der Waals surface area contributed by atoms with Crippen molar-refractivity contribution in [2.75, 3.05) is 13.2 Å². The average molecular weight is 214 g/mol. The first-order valence-corrected chi connectivity index (χ1v) is 5.22. The largest absolute Gasteiger partial charge is 0.493 e. The lowest BCUT2D eigenvalue weighted by Gasteiger charge is -2.13. The normalized spacial score (nSPS) is 12.5. The molecule has 0 aliphatic carbocycles. The Morgan fingerprint density at radius 2 is 2.00 bits per heavy atom. The number of benzene rings is 1. The number of rotatable bonds is 5. The molecule has 0 bridgehead atoms. The van der Waals surface area contributed by atoms with Gasteiger partial charge in [0, 0.05) is 10.9 Å². The molecule has 0 aliphatic heterocycles. The first-order valence-electron chi connectivity index (χ1n) is 4.84. The fourth-order valence-corrected chi connectivity index (χ4v) is 1.22. The van der Waals surface area contributed by atoms with Gasteiger partial charge < -0.3 is 10.5 Å². The number of halogens is 1. The highest BCUT2D eigenvalue weighted by atomic mass is 35.5. The minimum atomic E-state index is 0.436. The SMILES string of the molecule is CCC(CN)COc1ccc(Cl)cc1. The maximum atomic E-state index is 5.75. The molecule has 78 valence electrons. The summed E-state index contributed by atoms with van der Waals surface area (Å²) in [6, 6.07) is 7.37. The van der Waals surface area contributed by atoms with Crippen LogP contribution in [0.1, 0.15) is 13.3 Å². The fourth-order valence-electron chi connectivity index (χ4n) is 1.10. The van der Waals surface area contributed by atoms with Gasteiger partial charge in [0.1, 0.15) is 5.75 Å². The van der Waals surface area contributed by atoms with Crippen LogP contribution < -0.4 is 10.5 Å². The first-order chi connectivity index (χ1) is 6.76. The van der Waals surface area contributed by atoms with Gasteiger partial charge >= 0.3 is 0 Å². The van der Waals surface area contributed by atoms with Crippen molar-refractivity contribution in [1.82, 2.24) is 0 Å². The van der Waals surface area contributed by atoms with Gasteiger partial charge in [0.2, 0.25) is 0 Å². The van der Waals surface area contributed by atoms with Gasteiger partial charge in [-0.15, -0.1) is 0 Å². The van der Waals surface area contributed by atoms with Crippen LogP contribution in [0.4, 0.5) is 0 Å². The summed E-state index contributed by atoms with van der Waals surface area (Å²) < 4.78 is 5.57. The van der Waals surface area contributed by atoms with Gasteiger partial charge in [-0.2, -0.15) is 0 Å². The van der Waals surface area contributed by atoms with E-state index in [-0.39, 0.29) is 0 Å². The zero-order valence-corrected chi connectivity index (χ0v) is 9.13. The van der Waals surface area contributed by atoms with E-state index in [2.05, 4.69) is 6.92 Å². The Morgan fingerprint density at radius 3 is 2.50 bits per heavy atom. The van der Waals surface area contributed by atoms with E-state index in [1.165, 1.54) is 0 Å². The Bertz CT molecular complexity index is 256. The van der Waals surface area contributed by atoms with E-state index in [0.717, 1.165) is 17.2 Å². The Balaban J connectivity index is 2.41. The molecule has 0 radical (unpaired) electrons. The predicted molar refractivity (Wildman–Crippen MR) is 59.8 cm³/mol. The van der Waals surface area contributed by atoms with E-state index < -0.39 is 0 Å². The Morgan fingerprint density at radius 1 is 1.36 bits per heavy atom. The molecule has 0 aliphatic rings. The van der Waals surface area contributed by atoms with Crippen molar-refractivity contribution in [1.29, 1.82) is 0 Å². The van der Waals surface area contributed by atoms with Crippen LogP contribution >= 0.6 is 11.6 Å². The Hall–Kier alpha value is -0.730.